The summed E-state index contributed by atoms with van der Waals surface area (Å²) in [5.74, 6) is 0. The van der Waals surface area contributed by atoms with Gasteiger partial charge in [0.1, 0.15) is 0 Å². The number of alkyl halides is 6. The second-order valence-corrected chi connectivity index (χ2v) is 5.80. The highest BCUT2D eigenvalue weighted by Gasteiger charge is 2.38. The molecule has 0 aromatic heterocycles. The molecule has 2 aromatic carbocycles. The summed E-state index contributed by atoms with van der Waals surface area (Å²) in [6, 6.07) is 6.71. The van der Waals surface area contributed by atoms with Crippen LogP contribution in [0.4, 0.5) is 26.3 Å². The number of halogens is 6. The topological polar surface area (TPSA) is 0 Å². The predicted octanol–water partition coefficient (Wildman–Crippen LogP) is 6.35. The van der Waals surface area contributed by atoms with E-state index in [0.29, 0.717) is 23.6 Å². The first-order valence-electron chi connectivity index (χ1n) is 7.15. The molecule has 0 bridgehead atoms. The number of rotatable bonds is 1. The Kier molecular flexibility index (Phi) is 3.73. The van der Waals surface area contributed by atoms with Crippen molar-refractivity contribution in [3.8, 4) is 11.1 Å². The average molecular weight is 342 g/mol. The van der Waals surface area contributed by atoms with E-state index in [-0.39, 0.29) is 11.6 Å². The van der Waals surface area contributed by atoms with Crippen molar-refractivity contribution >= 4 is 6.08 Å². The molecule has 6 heteroatoms. The molecule has 0 aliphatic heterocycles. The lowest BCUT2D eigenvalue weighted by atomic mass is 9.92. The summed E-state index contributed by atoms with van der Waals surface area (Å²) in [5.41, 5.74) is -0.0125. The second kappa shape index (κ2) is 5.40. The van der Waals surface area contributed by atoms with Crippen LogP contribution in [0.25, 0.3) is 17.2 Å². The first kappa shape index (κ1) is 16.6. The molecule has 0 N–H and O–H groups in total. The van der Waals surface area contributed by atoms with Gasteiger partial charge in [-0.3, -0.25) is 0 Å². The highest BCUT2D eigenvalue weighted by Crippen LogP contribution is 2.43. The maximum atomic E-state index is 13.3. The van der Waals surface area contributed by atoms with Crippen LogP contribution in [0.3, 0.4) is 0 Å². The minimum atomic E-state index is -4.88. The van der Waals surface area contributed by atoms with Crippen LogP contribution in [-0.4, -0.2) is 0 Å². The average Bonchev–Trinajstić information content (AvgIpc) is 2.84. The fourth-order valence-corrected chi connectivity index (χ4v) is 2.96. The van der Waals surface area contributed by atoms with Crippen LogP contribution in [0.2, 0.25) is 0 Å². The summed E-state index contributed by atoms with van der Waals surface area (Å²) in [6.45, 7) is 1.86. The Morgan fingerprint density at radius 3 is 2.17 bits per heavy atom. The Hall–Kier alpha value is -2.24. The van der Waals surface area contributed by atoms with Crippen LogP contribution in [0.1, 0.15) is 29.2 Å². The van der Waals surface area contributed by atoms with Gasteiger partial charge < -0.3 is 0 Å². The first-order valence-corrected chi connectivity index (χ1v) is 7.15. The SMILES string of the molecule is CC1=Cc2c(cccc2-c2ccc(C(F)(F)F)cc2C(F)(F)F)C1. The lowest BCUT2D eigenvalue weighted by Gasteiger charge is -2.17. The smallest absolute Gasteiger partial charge is 0.166 e. The van der Waals surface area contributed by atoms with Crippen molar-refractivity contribution in [3.63, 3.8) is 0 Å². The zero-order valence-electron chi connectivity index (χ0n) is 12.5. The van der Waals surface area contributed by atoms with E-state index in [1.807, 2.05) is 13.0 Å². The van der Waals surface area contributed by atoms with Crippen molar-refractivity contribution in [1.82, 2.24) is 0 Å². The minimum absolute atomic E-state index is 0.181. The molecule has 0 radical (unpaired) electrons. The molecule has 0 fully saturated rings. The molecule has 1 aliphatic rings. The van der Waals surface area contributed by atoms with Gasteiger partial charge in [0.15, 0.2) is 0 Å². The lowest BCUT2D eigenvalue weighted by molar-refractivity contribution is -0.142. The highest BCUT2D eigenvalue weighted by molar-refractivity contribution is 5.82. The predicted molar refractivity (Wildman–Crippen MR) is 79.2 cm³/mol. The third-order valence-electron chi connectivity index (χ3n) is 4.00. The number of hydrogen-bond donors (Lipinski definition) is 0. The van der Waals surface area contributed by atoms with E-state index >= 15 is 0 Å². The van der Waals surface area contributed by atoms with Gasteiger partial charge in [-0.1, -0.05) is 35.9 Å². The van der Waals surface area contributed by atoms with Crippen molar-refractivity contribution in [3.05, 3.63) is 64.2 Å². The molecule has 0 heterocycles. The fraction of sp³-hybridized carbons (Fsp3) is 0.222. The molecule has 0 unspecified atom stereocenters. The quantitative estimate of drug-likeness (QED) is 0.530. The molecular weight excluding hydrogens is 330 g/mol. The molecule has 0 nitrogen and oxygen atoms in total. The Morgan fingerprint density at radius 1 is 0.833 bits per heavy atom. The van der Waals surface area contributed by atoms with Gasteiger partial charge >= 0.3 is 12.4 Å². The maximum absolute atomic E-state index is 13.3. The Balaban J connectivity index is 2.25. The molecule has 0 amide bonds. The second-order valence-electron chi connectivity index (χ2n) is 5.80. The number of allylic oxidation sites excluding steroid dienone is 1. The van der Waals surface area contributed by atoms with E-state index < -0.39 is 23.5 Å². The van der Waals surface area contributed by atoms with Gasteiger partial charge in [0.2, 0.25) is 0 Å². The summed E-state index contributed by atoms with van der Waals surface area (Å²) in [5, 5.41) is 0. The van der Waals surface area contributed by atoms with Crippen molar-refractivity contribution in [2.75, 3.05) is 0 Å². The molecule has 126 valence electrons. The summed E-state index contributed by atoms with van der Waals surface area (Å²) in [4.78, 5) is 0. The van der Waals surface area contributed by atoms with Crippen molar-refractivity contribution in [2.24, 2.45) is 0 Å². The van der Waals surface area contributed by atoms with E-state index in [4.69, 9.17) is 0 Å². The summed E-state index contributed by atoms with van der Waals surface area (Å²) in [7, 11) is 0. The fourth-order valence-electron chi connectivity index (χ4n) is 2.96. The van der Waals surface area contributed by atoms with Crippen LogP contribution in [0.15, 0.2) is 42.0 Å². The highest BCUT2D eigenvalue weighted by atomic mass is 19.4. The Bertz CT molecular complexity index is 824. The normalized spacial score (nSPS) is 14.5. The molecular formula is C18H12F6. The number of benzene rings is 2. The molecule has 1 aliphatic carbocycles. The first-order chi connectivity index (χ1) is 11.1. The van der Waals surface area contributed by atoms with Gasteiger partial charge in [0.25, 0.3) is 0 Å². The molecule has 24 heavy (non-hydrogen) atoms. The molecule has 0 atom stereocenters. The van der Waals surface area contributed by atoms with Crippen molar-refractivity contribution in [2.45, 2.75) is 25.7 Å². The zero-order chi connectivity index (χ0) is 17.7. The van der Waals surface area contributed by atoms with E-state index in [1.165, 1.54) is 6.07 Å². The molecule has 0 saturated carbocycles. The molecule has 0 spiro atoms. The van der Waals surface area contributed by atoms with Crippen molar-refractivity contribution in [1.29, 1.82) is 0 Å². The largest absolute Gasteiger partial charge is 0.417 e. The van der Waals surface area contributed by atoms with Crippen LogP contribution in [0, 0.1) is 0 Å². The van der Waals surface area contributed by atoms with Crippen LogP contribution in [0.5, 0.6) is 0 Å². The summed E-state index contributed by atoms with van der Waals surface area (Å²) in [6.07, 6.45) is -7.29. The molecule has 0 saturated heterocycles. The van der Waals surface area contributed by atoms with Crippen LogP contribution < -0.4 is 0 Å². The van der Waals surface area contributed by atoms with E-state index in [9.17, 15) is 26.3 Å². The van der Waals surface area contributed by atoms with E-state index in [0.717, 1.165) is 17.2 Å². The van der Waals surface area contributed by atoms with Gasteiger partial charge in [-0.05, 0) is 47.7 Å². The number of hydrogen-bond acceptors (Lipinski definition) is 0. The minimum Gasteiger partial charge on any atom is -0.166 e. The monoisotopic (exact) mass is 342 g/mol. The van der Waals surface area contributed by atoms with Crippen LogP contribution >= 0.6 is 0 Å². The zero-order valence-corrected chi connectivity index (χ0v) is 12.5. The van der Waals surface area contributed by atoms with Gasteiger partial charge in [-0.15, -0.1) is 0 Å². The summed E-state index contributed by atoms with van der Waals surface area (Å²) >= 11 is 0. The van der Waals surface area contributed by atoms with Gasteiger partial charge in [-0.25, -0.2) is 0 Å². The van der Waals surface area contributed by atoms with E-state index in [1.54, 1.807) is 12.1 Å². The molecule has 2 aromatic rings. The maximum Gasteiger partial charge on any atom is 0.417 e. The Labute approximate surface area is 134 Å². The summed E-state index contributed by atoms with van der Waals surface area (Å²) < 4.78 is 78.4. The van der Waals surface area contributed by atoms with Gasteiger partial charge in [0.05, 0.1) is 11.1 Å². The number of fused-ring (bicyclic) bond motifs is 1. The van der Waals surface area contributed by atoms with Crippen molar-refractivity contribution < 1.29 is 26.3 Å². The van der Waals surface area contributed by atoms with Gasteiger partial charge in [-0.2, -0.15) is 26.3 Å². The lowest BCUT2D eigenvalue weighted by Crippen LogP contribution is -2.12. The third kappa shape index (κ3) is 2.92. The third-order valence-corrected chi connectivity index (χ3v) is 4.00. The van der Waals surface area contributed by atoms with E-state index in [2.05, 4.69) is 0 Å². The molecule has 3 rings (SSSR count). The standard InChI is InChI=1S/C18H12F6/c1-10-7-11-3-2-4-13(15(11)8-10)14-6-5-12(17(19,20)21)9-16(14)18(22,23)24/h2-6,8-9H,7H2,1H3. The Morgan fingerprint density at radius 2 is 1.54 bits per heavy atom. The van der Waals surface area contributed by atoms with Crippen LogP contribution in [-0.2, 0) is 18.8 Å². The van der Waals surface area contributed by atoms with Gasteiger partial charge in [0, 0.05) is 0 Å².